The lowest BCUT2D eigenvalue weighted by Gasteiger charge is -2.08. The lowest BCUT2D eigenvalue weighted by molar-refractivity contribution is -0.125. The van der Waals surface area contributed by atoms with Gasteiger partial charge in [-0.05, 0) is 29.7 Å². The van der Waals surface area contributed by atoms with Crippen LogP contribution in [0.5, 0.6) is 5.75 Å². The summed E-state index contributed by atoms with van der Waals surface area (Å²) < 4.78 is 23.7. The first-order valence-corrected chi connectivity index (χ1v) is 7.40. The Morgan fingerprint density at radius 1 is 1.13 bits per heavy atom. The summed E-state index contributed by atoms with van der Waals surface area (Å²) in [6.07, 6.45) is 0.762. The van der Waals surface area contributed by atoms with Gasteiger partial charge in [-0.15, -0.1) is 0 Å². The highest BCUT2D eigenvalue weighted by Gasteiger charge is 2.05. The Labute approximate surface area is 135 Å². The van der Waals surface area contributed by atoms with Gasteiger partial charge in [0.15, 0.2) is 11.6 Å². The fourth-order valence-corrected chi connectivity index (χ4v) is 2.07. The molecule has 2 aromatic rings. The van der Waals surface area contributed by atoms with Gasteiger partial charge in [-0.1, -0.05) is 36.4 Å². The van der Waals surface area contributed by atoms with Crippen molar-refractivity contribution in [3.63, 3.8) is 0 Å². The minimum absolute atomic E-state index is 0.00846. The van der Waals surface area contributed by atoms with E-state index in [2.05, 4.69) is 5.32 Å². The number of amides is 1. The molecule has 0 saturated heterocycles. The van der Waals surface area contributed by atoms with Crippen LogP contribution >= 0.6 is 0 Å². The first-order valence-electron chi connectivity index (χ1n) is 7.40. The number of carbonyl (C=O) groups is 1. The molecule has 0 heterocycles. The summed E-state index contributed by atoms with van der Waals surface area (Å²) in [6.45, 7) is 0.724. The van der Waals surface area contributed by atoms with Gasteiger partial charge in [-0.3, -0.25) is 4.79 Å². The Balaban J connectivity index is 1.66. The molecule has 0 atom stereocenters. The van der Waals surface area contributed by atoms with Crippen molar-refractivity contribution in [1.82, 2.24) is 5.32 Å². The number of rotatable bonds is 8. The van der Waals surface area contributed by atoms with Crippen molar-refractivity contribution in [1.29, 1.82) is 0 Å². The van der Waals surface area contributed by atoms with Gasteiger partial charge in [0.05, 0.1) is 13.7 Å². The van der Waals surface area contributed by atoms with Crippen molar-refractivity contribution in [2.45, 2.75) is 13.0 Å². The summed E-state index contributed by atoms with van der Waals surface area (Å²) >= 11 is 0. The van der Waals surface area contributed by atoms with Crippen LogP contribution < -0.4 is 10.1 Å². The van der Waals surface area contributed by atoms with Gasteiger partial charge in [0, 0.05) is 6.54 Å². The monoisotopic (exact) mass is 317 g/mol. The minimum Gasteiger partial charge on any atom is -0.494 e. The Morgan fingerprint density at radius 3 is 2.61 bits per heavy atom. The number of nitrogens with one attached hydrogen (secondary N) is 1. The van der Waals surface area contributed by atoms with Crippen molar-refractivity contribution in [3.8, 4) is 5.75 Å². The molecule has 1 amide bonds. The van der Waals surface area contributed by atoms with Crippen molar-refractivity contribution in [2.75, 3.05) is 20.3 Å². The number of carbonyl (C=O) groups excluding carboxylic acids is 1. The Morgan fingerprint density at radius 2 is 1.91 bits per heavy atom. The third-order valence-electron chi connectivity index (χ3n) is 3.32. The highest BCUT2D eigenvalue weighted by molar-refractivity contribution is 5.77. The summed E-state index contributed by atoms with van der Waals surface area (Å²) in [7, 11) is 1.41. The molecule has 0 bridgehead atoms. The van der Waals surface area contributed by atoms with Gasteiger partial charge in [0.25, 0.3) is 0 Å². The third kappa shape index (κ3) is 5.71. The molecule has 23 heavy (non-hydrogen) atoms. The number of hydrogen-bond donors (Lipinski definition) is 1. The maximum Gasteiger partial charge on any atom is 0.246 e. The van der Waals surface area contributed by atoms with E-state index in [9.17, 15) is 9.18 Å². The molecule has 5 heteroatoms. The molecule has 0 radical (unpaired) electrons. The molecule has 122 valence electrons. The number of ether oxygens (including phenoxy) is 2. The topological polar surface area (TPSA) is 47.6 Å². The van der Waals surface area contributed by atoms with Crippen LogP contribution in [-0.2, 0) is 22.5 Å². The highest BCUT2D eigenvalue weighted by atomic mass is 19.1. The third-order valence-corrected chi connectivity index (χ3v) is 3.32. The molecule has 0 saturated carbocycles. The molecule has 0 unspecified atom stereocenters. The molecule has 2 rings (SSSR count). The first-order chi connectivity index (χ1) is 11.2. The van der Waals surface area contributed by atoms with E-state index in [1.807, 2.05) is 30.3 Å². The summed E-state index contributed by atoms with van der Waals surface area (Å²) in [5.41, 5.74) is 1.84. The maximum atomic E-state index is 13.5. The molecule has 2 aromatic carbocycles. The van der Waals surface area contributed by atoms with E-state index in [-0.39, 0.29) is 24.8 Å². The predicted molar refractivity (Wildman–Crippen MR) is 85.8 cm³/mol. The van der Waals surface area contributed by atoms with Crippen LogP contribution in [0.3, 0.4) is 0 Å². The number of hydrogen-bond acceptors (Lipinski definition) is 3. The quantitative estimate of drug-likeness (QED) is 0.762. The Bertz CT molecular complexity index is 631. The van der Waals surface area contributed by atoms with Gasteiger partial charge < -0.3 is 14.8 Å². The van der Waals surface area contributed by atoms with Gasteiger partial charge in [0.1, 0.15) is 6.61 Å². The molecule has 1 N–H and O–H groups in total. The molecule has 0 aromatic heterocycles. The van der Waals surface area contributed by atoms with E-state index in [1.165, 1.54) is 24.8 Å². The second-order valence-corrected chi connectivity index (χ2v) is 5.03. The van der Waals surface area contributed by atoms with Gasteiger partial charge in [-0.2, -0.15) is 0 Å². The summed E-state index contributed by atoms with van der Waals surface area (Å²) in [5, 5.41) is 2.69. The first kappa shape index (κ1) is 17.0. The fraction of sp³-hybridized carbons (Fsp3) is 0.278. The molecular formula is C18H20FNO3. The molecular weight excluding hydrogens is 297 g/mol. The molecule has 0 spiro atoms. The van der Waals surface area contributed by atoms with Crippen LogP contribution in [0.25, 0.3) is 0 Å². The predicted octanol–water partition coefficient (Wildman–Crippen LogP) is 2.71. The van der Waals surface area contributed by atoms with Crippen LogP contribution in [0.15, 0.2) is 48.5 Å². The molecule has 0 aliphatic rings. The standard InChI is InChI=1S/C18H20FNO3/c1-22-17-8-7-15(11-16(17)19)12-20-18(21)13-23-10-9-14-5-3-2-4-6-14/h2-8,11H,9-10,12-13H2,1H3,(H,20,21). The van der Waals surface area contributed by atoms with E-state index >= 15 is 0 Å². The van der Waals surface area contributed by atoms with E-state index in [0.717, 1.165) is 6.42 Å². The van der Waals surface area contributed by atoms with Crippen LogP contribution in [0, 0.1) is 5.82 Å². The number of halogens is 1. The van der Waals surface area contributed by atoms with Crippen LogP contribution in [-0.4, -0.2) is 26.2 Å². The lowest BCUT2D eigenvalue weighted by atomic mass is 10.2. The largest absolute Gasteiger partial charge is 0.494 e. The Hall–Kier alpha value is -2.40. The summed E-state index contributed by atoms with van der Waals surface area (Å²) in [5.74, 6) is -0.489. The fourth-order valence-electron chi connectivity index (χ4n) is 2.07. The van der Waals surface area contributed by atoms with Gasteiger partial charge in [-0.25, -0.2) is 4.39 Å². The summed E-state index contributed by atoms with van der Waals surface area (Å²) in [4.78, 5) is 11.7. The maximum absolute atomic E-state index is 13.5. The zero-order chi connectivity index (χ0) is 16.5. The van der Waals surface area contributed by atoms with E-state index in [1.54, 1.807) is 6.07 Å². The molecule has 4 nitrogen and oxygen atoms in total. The number of benzene rings is 2. The van der Waals surface area contributed by atoms with Crippen molar-refractivity contribution >= 4 is 5.91 Å². The average Bonchev–Trinajstić information content (AvgIpc) is 2.58. The van der Waals surface area contributed by atoms with E-state index in [4.69, 9.17) is 9.47 Å². The van der Waals surface area contributed by atoms with Crippen LogP contribution in [0.1, 0.15) is 11.1 Å². The smallest absolute Gasteiger partial charge is 0.246 e. The van der Waals surface area contributed by atoms with E-state index < -0.39 is 5.82 Å². The second-order valence-electron chi connectivity index (χ2n) is 5.03. The molecule has 0 fully saturated rings. The Kier molecular flexibility index (Phi) is 6.56. The van der Waals surface area contributed by atoms with Crippen molar-refractivity contribution in [3.05, 3.63) is 65.5 Å². The molecule has 0 aliphatic carbocycles. The van der Waals surface area contributed by atoms with E-state index in [0.29, 0.717) is 12.2 Å². The SMILES string of the molecule is COc1ccc(CNC(=O)COCCc2ccccc2)cc1F. The van der Waals surface area contributed by atoms with Gasteiger partial charge in [0.2, 0.25) is 5.91 Å². The number of methoxy groups -OCH3 is 1. The van der Waals surface area contributed by atoms with Crippen LogP contribution in [0.2, 0.25) is 0 Å². The zero-order valence-electron chi connectivity index (χ0n) is 13.0. The lowest BCUT2D eigenvalue weighted by Crippen LogP contribution is -2.27. The van der Waals surface area contributed by atoms with Crippen LogP contribution in [0.4, 0.5) is 4.39 Å². The highest BCUT2D eigenvalue weighted by Crippen LogP contribution is 2.17. The van der Waals surface area contributed by atoms with Crippen molar-refractivity contribution < 1.29 is 18.7 Å². The zero-order valence-corrected chi connectivity index (χ0v) is 13.0. The summed E-state index contributed by atoms with van der Waals surface area (Å²) in [6, 6.07) is 14.5. The molecule has 0 aliphatic heterocycles. The minimum atomic E-state index is -0.446. The van der Waals surface area contributed by atoms with Gasteiger partial charge >= 0.3 is 0 Å². The second kappa shape index (κ2) is 8.90. The normalized spacial score (nSPS) is 10.3. The average molecular weight is 317 g/mol. The van der Waals surface area contributed by atoms with Crippen molar-refractivity contribution in [2.24, 2.45) is 0 Å².